The zero-order valence-corrected chi connectivity index (χ0v) is 35.1. The number of aromatic nitrogens is 1. The van der Waals surface area contributed by atoms with Gasteiger partial charge in [0.15, 0.2) is 11.7 Å². The molecule has 9 heteroatoms. The van der Waals surface area contributed by atoms with Gasteiger partial charge in [-0.05, 0) is 129 Å². The van der Waals surface area contributed by atoms with Gasteiger partial charge in [-0.1, -0.05) is 124 Å². The summed E-state index contributed by atoms with van der Waals surface area (Å²) in [5.74, 6) is 0.810. The van der Waals surface area contributed by atoms with E-state index in [0.29, 0.717) is 30.4 Å². The number of hydrogen-bond donors (Lipinski definition) is 2. The zero-order valence-electron chi connectivity index (χ0n) is 34.4. The first-order valence-electron chi connectivity index (χ1n) is 19.8. The summed E-state index contributed by atoms with van der Waals surface area (Å²) in [6.45, 7) is 11.1. The summed E-state index contributed by atoms with van der Waals surface area (Å²) in [5, 5.41) is 12.7. The molecule has 0 saturated heterocycles. The van der Waals surface area contributed by atoms with Crippen LogP contribution in [0.3, 0.4) is 0 Å². The minimum absolute atomic E-state index is 0.131. The van der Waals surface area contributed by atoms with E-state index in [2.05, 4.69) is 65.5 Å². The maximum absolute atomic E-state index is 13.0. The van der Waals surface area contributed by atoms with E-state index in [1.165, 1.54) is 64.4 Å². The first-order chi connectivity index (χ1) is 28.4. The molecule has 7 nitrogen and oxygen atoms in total. The predicted octanol–water partition coefficient (Wildman–Crippen LogP) is 11.6. The van der Waals surface area contributed by atoms with E-state index in [1.807, 2.05) is 92.7 Å². The van der Waals surface area contributed by atoms with E-state index in [1.54, 1.807) is 13.0 Å². The molecule has 0 atom stereocenters. The smallest absolute Gasteiger partial charge is 0.170 e. The molecule has 0 spiro atoms. The number of rotatable bonds is 0. The number of pyridine rings is 1. The summed E-state index contributed by atoms with van der Waals surface area (Å²) in [6.07, 6.45) is 5.10. The van der Waals surface area contributed by atoms with Gasteiger partial charge in [0.1, 0.15) is 19.0 Å². The van der Waals surface area contributed by atoms with Crippen LogP contribution < -0.4 is 11.5 Å². The fourth-order valence-corrected chi connectivity index (χ4v) is 7.12. The predicted molar refractivity (Wildman–Crippen MR) is 241 cm³/mol. The number of hydrogen-bond acceptors (Lipinski definition) is 7. The van der Waals surface area contributed by atoms with Crippen molar-refractivity contribution in [3.63, 3.8) is 0 Å². The molecule has 0 amide bonds. The van der Waals surface area contributed by atoms with E-state index in [-0.39, 0.29) is 5.82 Å². The Morgan fingerprint density at radius 2 is 1.12 bits per heavy atom. The number of fused-ring (bicyclic) bond motifs is 5. The molecular weight excluding hydrogens is 757 g/mol. The SMILES string of the molecule is Cc1cc2ccccc2cc1F.Cc1ccc2c(c1)C(N)=NOC2.Cc1ccc2c(c1)CON=C2N.Cc1ccc2c(n1)CCCC2.Cc1ccc2cc(Cl)ccc2c1. The quantitative estimate of drug-likeness (QED) is 0.159. The van der Waals surface area contributed by atoms with Crippen molar-refractivity contribution in [3.05, 3.63) is 194 Å². The number of aryl methyl sites for hydroxylation is 7. The van der Waals surface area contributed by atoms with Gasteiger partial charge in [0, 0.05) is 38.7 Å². The second-order valence-electron chi connectivity index (χ2n) is 15.0. The maximum atomic E-state index is 13.0. The second kappa shape index (κ2) is 19.9. The molecule has 0 radical (unpaired) electrons. The Labute approximate surface area is 351 Å². The molecule has 0 saturated carbocycles. The van der Waals surface area contributed by atoms with Crippen LogP contribution in [0.25, 0.3) is 21.5 Å². The molecule has 2 aliphatic heterocycles. The molecule has 3 aliphatic rings. The highest BCUT2D eigenvalue weighted by molar-refractivity contribution is 6.31. The molecular formula is C50H51ClFN5O2. The fraction of sp³-hybridized carbons (Fsp3) is 0.220. The van der Waals surface area contributed by atoms with E-state index >= 15 is 0 Å². The second-order valence-corrected chi connectivity index (χ2v) is 15.5. The number of halogens is 2. The van der Waals surface area contributed by atoms with Gasteiger partial charge in [-0.15, -0.1) is 0 Å². The highest BCUT2D eigenvalue weighted by Gasteiger charge is 2.13. The number of amidine groups is 2. The monoisotopic (exact) mass is 807 g/mol. The standard InChI is InChI=1S/C11H9Cl.C11H9F.C10H13N.2C9H10N2O/c1-8-2-3-10-7-11(12)5-4-9(10)6-8;1-8-6-9-4-2-3-5-10(9)7-11(8)12;1-8-6-7-9-4-2-3-5-10(9)11-8;1-6-2-3-8-7(4-6)5-12-11-9(8)10;1-6-2-3-7-5-12-11-9(10)8(7)4-6/h2*2-7H,1H3;6-7H,2-5H2,1H3;2*2-4H,5H2,1H3,(H2,10,11). The Kier molecular flexibility index (Phi) is 14.3. The van der Waals surface area contributed by atoms with E-state index in [9.17, 15) is 4.39 Å². The Morgan fingerprint density at radius 3 is 1.90 bits per heavy atom. The minimum atomic E-state index is -0.131. The molecule has 4 N–H and O–H groups in total. The largest absolute Gasteiger partial charge is 0.389 e. The summed E-state index contributed by atoms with van der Waals surface area (Å²) in [6, 6.07) is 40.0. The van der Waals surface area contributed by atoms with E-state index in [0.717, 1.165) is 43.7 Å². The lowest BCUT2D eigenvalue weighted by molar-refractivity contribution is 0.125. The molecule has 10 rings (SSSR count). The van der Waals surface area contributed by atoms with Crippen LogP contribution >= 0.6 is 11.6 Å². The summed E-state index contributed by atoms with van der Waals surface area (Å²) in [7, 11) is 0. The number of benzene rings is 6. The van der Waals surface area contributed by atoms with Crippen molar-refractivity contribution in [2.24, 2.45) is 21.8 Å². The molecule has 59 heavy (non-hydrogen) atoms. The molecule has 0 fully saturated rings. The Bertz CT molecular complexity index is 2560. The van der Waals surface area contributed by atoms with Gasteiger partial charge in [0.2, 0.25) is 0 Å². The van der Waals surface area contributed by atoms with Gasteiger partial charge < -0.3 is 21.1 Å². The summed E-state index contributed by atoms with van der Waals surface area (Å²) < 4.78 is 13.0. The number of nitrogens with zero attached hydrogens (tertiary/aromatic N) is 3. The Hall–Kier alpha value is -6.25. The first kappa shape index (κ1) is 42.4. The van der Waals surface area contributed by atoms with Crippen molar-refractivity contribution in [2.45, 2.75) is 73.5 Å². The summed E-state index contributed by atoms with van der Waals surface area (Å²) >= 11 is 5.86. The molecule has 1 aromatic heterocycles. The topological polar surface area (TPSA) is 108 Å². The molecule has 1 aliphatic carbocycles. The van der Waals surface area contributed by atoms with Crippen molar-refractivity contribution in [2.75, 3.05) is 0 Å². The number of nitrogens with two attached hydrogens (primary N) is 2. The van der Waals surface area contributed by atoms with Gasteiger partial charge in [-0.25, -0.2) is 4.39 Å². The molecule has 6 aromatic carbocycles. The van der Waals surface area contributed by atoms with Gasteiger partial charge in [-0.3, -0.25) is 4.98 Å². The van der Waals surface area contributed by atoms with Crippen molar-refractivity contribution in [1.82, 2.24) is 4.98 Å². The first-order valence-corrected chi connectivity index (χ1v) is 20.2. The third kappa shape index (κ3) is 11.7. The van der Waals surface area contributed by atoms with Crippen molar-refractivity contribution >= 4 is 44.8 Å². The fourth-order valence-electron chi connectivity index (χ4n) is 6.94. The third-order valence-corrected chi connectivity index (χ3v) is 10.4. The molecule has 7 aromatic rings. The van der Waals surface area contributed by atoms with Gasteiger partial charge in [0.05, 0.1) is 0 Å². The Morgan fingerprint density at radius 1 is 0.542 bits per heavy atom. The van der Waals surface area contributed by atoms with Crippen LogP contribution in [0, 0.1) is 40.4 Å². The molecule has 0 bridgehead atoms. The van der Waals surface area contributed by atoms with Crippen molar-refractivity contribution < 1.29 is 14.1 Å². The van der Waals surface area contributed by atoms with Gasteiger partial charge >= 0.3 is 0 Å². The van der Waals surface area contributed by atoms with Gasteiger partial charge in [-0.2, -0.15) is 0 Å². The molecule has 0 unspecified atom stereocenters. The van der Waals surface area contributed by atoms with Crippen molar-refractivity contribution in [3.8, 4) is 0 Å². The maximum Gasteiger partial charge on any atom is 0.170 e. The molecule has 3 heterocycles. The summed E-state index contributed by atoms with van der Waals surface area (Å²) in [4.78, 5) is 14.4. The normalized spacial score (nSPS) is 13.2. The lowest BCUT2D eigenvalue weighted by Gasteiger charge is -2.14. The van der Waals surface area contributed by atoms with Crippen LogP contribution in [0.15, 0.2) is 132 Å². The lowest BCUT2D eigenvalue weighted by atomic mass is 9.96. The third-order valence-electron chi connectivity index (χ3n) is 10.1. The average molecular weight is 808 g/mol. The average Bonchev–Trinajstić information content (AvgIpc) is 3.23. The van der Waals surface area contributed by atoms with Crippen LogP contribution in [0.5, 0.6) is 0 Å². The van der Waals surface area contributed by atoms with Crippen LogP contribution in [-0.2, 0) is 35.7 Å². The highest BCUT2D eigenvalue weighted by atomic mass is 35.5. The van der Waals surface area contributed by atoms with E-state index < -0.39 is 0 Å². The molecule has 302 valence electrons. The van der Waals surface area contributed by atoms with Crippen molar-refractivity contribution in [1.29, 1.82) is 0 Å². The lowest BCUT2D eigenvalue weighted by Crippen LogP contribution is -2.20. The van der Waals surface area contributed by atoms with Crippen LogP contribution in [0.2, 0.25) is 5.02 Å². The zero-order chi connectivity index (χ0) is 41.9. The highest BCUT2D eigenvalue weighted by Crippen LogP contribution is 2.22. The van der Waals surface area contributed by atoms with Crippen LogP contribution in [0.1, 0.15) is 74.3 Å². The van der Waals surface area contributed by atoms with Gasteiger partial charge in [0.25, 0.3) is 0 Å². The van der Waals surface area contributed by atoms with Crippen LogP contribution in [0.4, 0.5) is 4.39 Å². The minimum Gasteiger partial charge on any atom is -0.389 e. The number of oxime groups is 2. The summed E-state index contributed by atoms with van der Waals surface area (Å²) in [5.41, 5.74) is 23.8. The Balaban J connectivity index is 0.000000124. The van der Waals surface area contributed by atoms with Crippen LogP contribution in [-0.4, -0.2) is 16.7 Å². The van der Waals surface area contributed by atoms with E-state index in [4.69, 9.17) is 32.7 Å².